The second-order valence-electron chi connectivity index (χ2n) is 5.71. The lowest BCUT2D eigenvalue weighted by Gasteiger charge is -2.11. The molecule has 0 aliphatic heterocycles. The first kappa shape index (κ1) is 17.5. The molecule has 128 valence electrons. The molecule has 2 rings (SSSR count). The van der Waals surface area contributed by atoms with Gasteiger partial charge < -0.3 is 19.9 Å². The molecular formula is C16H18N2O6. The number of aromatic nitrogens is 2. The third-order valence-corrected chi connectivity index (χ3v) is 3.43. The van der Waals surface area contributed by atoms with Gasteiger partial charge in [-0.05, 0) is 12.0 Å². The predicted octanol–water partition coefficient (Wildman–Crippen LogP) is 1.01. The minimum Gasteiger partial charge on any atom is -0.618 e. The van der Waals surface area contributed by atoms with Gasteiger partial charge in [-0.25, -0.2) is 9.59 Å². The van der Waals surface area contributed by atoms with Crippen LogP contribution in [0, 0.1) is 23.3 Å². The standard InChI is InChI=1S/C16H18N2O6/c1-9(2)8-24-15(19)11-5-6-12-13(7-11)18(22)14(16(20)23-4)10(3)17(12)21/h5-7,9H,8H2,1-4H3. The highest BCUT2D eigenvalue weighted by Crippen LogP contribution is 2.14. The molecule has 0 bridgehead atoms. The van der Waals surface area contributed by atoms with Crippen molar-refractivity contribution in [2.24, 2.45) is 5.92 Å². The van der Waals surface area contributed by atoms with Crippen LogP contribution in [0.15, 0.2) is 18.2 Å². The molecule has 0 radical (unpaired) electrons. The first-order valence-electron chi connectivity index (χ1n) is 7.32. The van der Waals surface area contributed by atoms with Crippen molar-refractivity contribution in [3.05, 3.63) is 45.6 Å². The third kappa shape index (κ3) is 3.08. The van der Waals surface area contributed by atoms with Gasteiger partial charge in [0.1, 0.15) is 0 Å². The molecule has 8 nitrogen and oxygen atoms in total. The Hall–Kier alpha value is -2.90. The van der Waals surface area contributed by atoms with Gasteiger partial charge in [-0.3, -0.25) is 0 Å². The number of nitrogens with zero attached hydrogens (tertiary/aromatic N) is 2. The highest BCUT2D eigenvalue weighted by Gasteiger charge is 2.32. The van der Waals surface area contributed by atoms with E-state index in [0.717, 1.165) is 7.11 Å². The average Bonchev–Trinajstić information content (AvgIpc) is 2.57. The van der Waals surface area contributed by atoms with Crippen LogP contribution in [-0.4, -0.2) is 25.7 Å². The quantitative estimate of drug-likeness (QED) is 0.469. The van der Waals surface area contributed by atoms with Gasteiger partial charge >= 0.3 is 17.6 Å². The Balaban J connectivity index is 2.59. The SMILES string of the molecule is COC(=O)c1c(C)[n+]([O-])c2ccc(C(=O)OCC(C)C)cc2[n+]1[O-]. The van der Waals surface area contributed by atoms with Crippen molar-refractivity contribution in [3.63, 3.8) is 0 Å². The Morgan fingerprint density at radius 3 is 2.38 bits per heavy atom. The number of esters is 2. The first-order chi connectivity index (χ1) is 11.3. The number of ether oxygens (including phenoxy) is 2. The van der Waals surface area contributed by atoms with Gasteiger partial charge in [0.05, 0.1) is 19.3 Å². The molecule has 8 heteroatoms. The molecule has 2 aromatic rings. The molecule has 0 saturated heterocycles. The number of hydrogen-bond acceptors (Lipinski definition) is 6. The van der Waals surface area contributed by atoms with E-state index < -0.39 is 17.6 Å². The summed E-state index contributed by atoms with van der Waals surface area (Å²) < 4.78 is 10.4. The Labute approximate surface area is 138 Å². The molecule has 0 fully saturated rings. The lowest BCUT2D eigenvalue weighted by Crippen LogP contribution is -2.46. The Morgan fingerprint density at radius 1 is 1.12 bits per heavy atom. The molecule has 0 unspecified atom stereocenters. The number of methoxy groups -OCH3 is 1. The van der Waals surface area contributed by atoms with Crippen LogP contribution in [0.4, 0.5) is 0 Å². The van der Waals surface area contributed by atoms with Crippen LogP contribution < -0.4 is 9.46 Å². The van der Waals surface area contributed by atoms with E-state index in [1.807, 2.05) is 13.8 Å². The van der Waals surface area contributed by atoms with E-state index in [9.17, 15) is 20.0 Å². The number of carbonyl (C=O) groups excluding carboxylic acids is 2. The smallest absolute Gasteiger partial charge is 0.411 e. The van der Waals surface area contributed by atoms with Crippen molar-refractivity contribution in [1.82, 2.24) is 0 Å². The Kier molecular flexibility index (Phi) is 4.87. The summed E-state index contributed by atoms with van der Waals surface area (Å²) in [4.78, 5) is 23.8. The van der Waals surface area contributed by atoms with Crippen LogP contribution in [-0.2, 0) is 9.47 Å². The van der Waals surface area contributed by atoms with Crippen LogP contribution >= 0.6 is 0 Å². The molecule has 0 spiro atoms. The van der Waals surface area contributed by atoms with E-state index >= 15 is 0 Å². The summed E-state index contributed by atoms with van der Waals surface area (Å²) in [5, 5.41) is 24.7. The molecule has 0 aliphatic carbocycles. The first-order valence-corrected chi connectivity index (χ1v) is 7.32. The number of rotatable bonds is 4. The van der Waals surface area contributed by atoms with E-state index in [1.54, 1.807) is 0 Å². The minimum absolute atomic E-state index is 0.0376. The molecule has 0 N–H and O–H groups in total. The maximum atomic E-state index is 12.5. The fraction of sp³-hybridized carbons (Fsp3) is 0.375. The summed E-state index contributed by atoms with van der Waals surface area (Å²) in [6.07, 6.45) is 0. The second kappa shape index (κ2) is 6.69. The van der Waals surface area contributed by atoms with Crippen LogP contribution in [0.25, 0.3) is 11.0 Å². The van der Waals surface area contributed by atoms with Crippen molar-refractivity contribution >= 4 is 23.0 Å². The van der Waals surface area contributed by atoms with Crippen molar-refractivity contribution in [2.75, 3.05) is 13.7 Å². The van der Waals surface area contributed by atoms with Crippen molar-refractivity contribution in [2.45, 2.75) is 20.8 Å². The zero-order chi connectivity index (χ0) is 18.0. The molecule has 24 heavy (non-hydrogen) atoms. The van der Waals surface area contributed by atoms with Crippen molar-refractivity contribution in [3.8, 4) is 0 Å². The number of hydrogen-bond donors (Lipinski definition) is 0. The Morgan fingerprint density at radius 2 is 1.79 bits per heavy atom. The summed E-state index contributed by atoms with van der Waals surface area (Å²) in [6.45, 7) is 5.37. The van der Waals surface area contributed by atoms with Gasteiger partial charge in [-0.15, -0.1) is 4.73 Å². The largest absolute Gasteiger partial charge is 0.618 e. The molecule has 1 aromatic carbocycles. The molecule has 1 heterocycles. The lowest BCUT2D eigenvalue weighted by molar-refractivity contribution is -0.635. The maximum Gasteiger partial charge on any atom is 0.411 e. The molecule has 1 aromatic heterocycles. The number of carbonyl (C=O) groups is 2. The average molecular weight is 334 g/mol. The second-order valence-corrected chi connectivity index (χ2v) is 5.71. The summed E-state index contributed by atoms with van der Waals surface area (Å²) >= 11 is 0. The monoisotopic (exact) mass is 334 g/mol. The molecule has 0 saturated carbocycles. The van der Waals surface area contributed by atoms with Crippen molar-refractivity contribution in [1.29, 1.82) is 0 Å². The van der Waals surface area contributed by atoms with E-state index in [1.165, 1.54) is 25.1 Å². The Bertz CT molecular complexity index is 816. The van der Waals surface area contributed by atoms with E-state index in [2.05, 4.69) is 4.74 Å². The topological polar surface area (TPSA) is 106 Å². The maximum absolute atomic E-state index is 12.5. The van der Waals surface area contributed by atoms with Gasteiger partial charge in [-0.2, -0.15) is 4.73 Å². The van der Waals surface area contributed by atoms with Crippen LogP contribution in [0.1, 0.15) is 40.4 Å². The predicted molar refractivity (Wildman–Crippen MR) is 83.1 cm³/mol. The number of benzene rings is 1. The van der Waals surface area contributed by atoms with Gasteiger partial charge in [-0.1, -0.05) is 13.8 Å². The minimum atomic E-state index is -0.929. The fourth-order valence-electron chi connectivity index (χ4n) is 2.18. The lowest BCUT2D eigenvalue weighted by atomic mass is 10.1. The summed E-state index contributed by atoms with van der Waals surface area (Å²) in [5.74, 6) is -1.37. The van der Waals surface area contributed by atoms with E-state index in [-0.39, 0.29) is 34.8 Å². The van der Waals surface area contributed by atoms with E-state index in [0.29, 0.717) is 9.46 Å². The highest BCUT2D eigenvalue weighted by molar-refractivity contribution is 5.93. The summed E-state index contributed by atoms with van der Waals surface area (Å²) in [5.41, 5.74) is -0.467. The van der Waals surface area contributed by atoms with Crippen molar-refractivity contribution < 1.29 is 28.5 Å². The van der Waals surface area contributed by atoms with Gasteiger partial charge in [0.25, 0.3) is 16.7 Å². The third-order valence-electron chi connectivity index (χ3n) is 3.43. The normalized spacial score (nSPS) is 10.9. The van der Waals surface area contributed by atoms with Gasteiger partial charge in [0, 0.05) is 19.1 Å². The highest BCUT2D eigenvalue weighted by atomic mass is 16.5. The zero-order valence-electron chi connectivity index (χ0n) is 13.9. The van der Waals surface area contributed by atoms with Gasteiger partial charge in [0.15, 0.2) is 0 Å². The van der Waals surface area contributed by atoms with Crippen LogP contribution in [0.5, 0.6) is 0 Å². The summed E-state index contributed by atoms with van der Waals surface area (Å²) in [6, 6.07) is 3.97. The molecule has 0 amide bonds. The summed E-state index contributed by atoms with van der Waals surface area (Å²) in [7, 11) is 1.11. The van der Waals surface area contributed by atoms with E-state index in [4.69, 9.17) is 4.74 Å². The number of fused-ring (bicyclic) bond motifs is 1. The molecular weight excluding hydrogens is 316 g/mol. The fourth-order valence-corrected chi connectivity index (χ4v) is 2.18. The van der Waals surface area contributed by atoms with Gasteiger partial charge in [0.2, 0.25) is 0 Å². The molecule has 0 aliphatic rings. The zero-order valence-corrected chi connectivity index (χ0v) is 13.9. The van der Waals surface area contributed by atoms with Crippen LogP contribution in [0.3, 0.4) is 0 Å². The molecule has 0 atom stereocenters. The van der Waals surface area contributed by atoms with Crippen LogP contribution in [0.2, 0.25) is 0 Å².